The molecule has 21 heavy (non-hydrogen) atoms. The van der Waals surface area contributed by atoms with Crippen LogP contribution in [-0.2, 0) is 4.74 Å². The third-order valence-corrected chi connectivity index (χ3v) is 5.72. The number of benzene rings is 1. The van der Waals surface area contributed by atoms with E-state index in [1.165, 1.54) is 17.1 Å². The molecule has 1 heterocycles. The van der Waals surface area contributed by atoms with Crippen molar-refractivity contribution >= 4 is 11.8 Å². The lowest BCUT2D eigenvalue weighted by atomic mass is 9.75. The van der Waals surface area contributed by atoms with E-state index in [0.717, 1.165) is 19.7 Å². The van der Waals surface area contributed by atoms with E-state index >= 15 is 0 Å². The molecule has 1 aromatic carbocycles. The number of nitrogens with one attached hydrogen (secondary N) is 1. The normalized spacial score (nSPS) is 19.5. The van der Waals surface area contributed by atoms with Crippen LogP contribution in [-0.4, -0.2) is 32.6 Å². The summed E-state index contributed by atoms with van der Waals surface area (Å²) in [5, 5.41) is 3.56. The molecule has 0 fully saturated rings. The highest BCUT2D eigenvalue weighted by Crippen LogP contribution is 2.44. The number of ether oxygens (including phenoxy) is 1. The van der Waals surface area contributed by atoms with Crippen molar-refractivity contribution < 1.29 is 4.74 Å². The van der Waals surface area contributed by atoms with E-state index in [9.17, 15) is 0 Å². The molecule has 2 nitrogen and oxygen atoms in total. The maximum Gasteiger partial charge on any atom is 0.0587 e. The van der Waals surface area contributed by atoms with E-state index in [2.05, 4.69) is 50.4 Å². The molecular weight excluding hydrogens is 278 g/mol. The van der Waals surface area contributed by atoms with Gasteiger partial charge in [0.05, 0.1) is 6.61 Å². The summed E-state index contributed by atoms with van der Waals surface area (Å²) >= 11 is 2.02. The van der Waals surface area contributed by atoms with Crippen LogP contribution in [0.3, 0.4) is 0 Å². The molecular formula is C18H29NOS. The fourth-order valence-electron chi connectivity index (χ4n) is 2.96. The minimum atomic E-state index is 0.336. The number of rotatable bonds is 7. The van der Waals surface area contributed by atoms with Gasteiger partial charge in [0.25, 0.3) is 0 Å². The fourth-order valence-corrected chi connectivity index (χ4v) is 4.23. The van der Waals surface area contributed by atoms with Gasteiger partial charge < -0.3 is 10.1 Å². The Labute approximate surface area is 134 Å². The Morgan fingerprint density at radius 2 is 2.10 bits per heavy atom. The van der Waals surface area contributed by atoms with E-state index in [4.69, 9.17) is 4.74 Å². The molecule has 0 aliphatic carbocycles. The van der Waals surface area contributed by atoms with E-state index in [1.54, 1.807) is 12.7 Å². The molecule has 2 unspecified atom stereocenters. The molecule has 0 saturated heterocycles. The van der Waals surface area contributed by atoms with Crippen molar-refractivity contribution in [2.75, 3.05) is 32.6 Å². The number of fused-ring (bicyclic) bond motifs is 1. The molecule has 2 atom stereocenters. The monoisotopic (exact) mass is 307 g/mol. The van der Waals surface area contributed by atoms with Crippen molar-refractivity contribution in [3.63, 3.8) is 0 Å². The van der Waals surface area contributed by atoms with E-state index < -0.39 is 0 Å². The molecule has 118 valence electrons. The van der Waals surface area contributed by atoms with E-state index in [0.29, 0.717) is 17.3 Å². The van der Waals surface area contributed by atoms with Crippen LogP contribution in [0.5, 0.6) is 0 Å². The van der Waals surface area contributed by atoms with E-state index in [-0.39, 0.29) is 0 Å². The minimum absolute atomic E-state index is 0.336. The van der Waals surface area contributed by atoms with Gasteiger partial charge in [0.2, 0.25) is 0 Å². The first kappa shape index (κ1) is 16.9. The van der Waals surface area contributed by atoms with Crippen molar-refractivity contribution in [1.82, 2.24) is 5.32 Å². The Kier molecular flexibility index (Phi) is 6.15. The van der Waals surface area contributed by atoms with Crippen LogP contribution in [0.4, 0.5) is 0 Å². The smallest absolute Gasteiger partial charge is 0.0587 e. The highest BCUT2D eigenvalue weighted by Gasteiger charge is 2.31. The summed E-state index contributed by atoms with van der Waals surface area (Å²) in [6, 6.07) is 8.92. The first-order valence-corrected chi connectivity index (χ1v) is 8.92. The molecule has 1 aromatic rings. The van der Waals surface area contributed by atoms with Gasteiger partial charge in [-0.3, -0.25) is 0 Å². The van der Waals surface area contributed by atoms with Crippen molar-refractivity contribution in [2.24, 2.45) is 11.3 Å². The summed E-state index contributed by atoms with van der Waals surface area (Å²) in [7, 11) is 1.76. The van der Waals surface area contributed by atoms with Gasteiger partial charge in [0.15, 0.2) is 0 Å². The predicted octanol–water partition coefficient (Wildman–Crippen LogP) is 4.16. The van der Waals surface area contributed by atoms with Gasteiger partial charge in [0, 0.05) is 24.3 Å². The van der Waals surface area contributed by atoms with Gasteiger partial charge in [-0.1, -0.05) is 39.0 Å². The summed E-state index contributed by atoms with van der Waals surface area (Å²) in [5.41, 5.74) is 1.90. The second-order valence-electron chi connectivity index (χ2n) is 7.04. The molecule has 0 saturated carbocycles. The summed E-state index contributed by atoms with van der Waals surface area (Å²) in [5.74, 6) is 2.63. The molecule has 0 radical (unpaired) electrons. The van der Waals surface area contributed by atoms with Crippen LogP contribution in [0, 0.1) is 11.3 Å². The van der Waals surface area contributed by atoms with Crippen LogP contribution in [0.1, 0.15) is 38.7 Å². The molecule has 1 aliphatic rings. The SMILES string of the molecule is COCCNCC(CC1CSc2ccccc21)C(C)(C)C. The lowest BCUT2D eigenvalue weighted by molar-refractivity contribution is 0.180. The second kappa shape index (κ2) is 7.66. The topological polar surface area (TPSA) is 21.3 Å². The van der Waals surface area contributed by atoms with Gasteiger partial charge >= 0.3 is 0 Å². The summed E-state index contributed by atoms with van der Waals surface area (Å²) in [4.78, 5) is 1.49. The quantitative estimate of drug-likeness (QED) is 0.764. The lowest BCUT2D eigenvalue weighted by Gasteiger charge is -2.33. The fraction of sp³-hybridized carbons (Fsp3) is 0.667. The summed E-state index contributed by atoms with van der Waals surface area (Å²) < 4.78 is 5.12. The predicted molar refractivity (Wildman–Crippen MR) is 92.2 cm³/mol. The molecule has 0 bridgehead atoms. The van der Waals surface area contributed by atoms with Crippen molar-refractivity contribution in [1.29, 1.82) is 0 Å². The van der Waals surface area contributed by atoms with Gasteiger partial charge in [0.1, 0.15) is 0 Å². The zero-order valence-corrected chi connectivity index (χ0v) is 14.6. The largest absolute Gasteiger partial charge is 0.383 e. The van der Waals surface area contributed by atoms with Crippen LogP contribution in [0.2, 0.25) is 0 Å². The van der Waals surface area contributed by atoms with Crippen LogP contribution in [0.25, 0.3) is 0 Å². The highest BCUT2D eigenvalue weighted by molar-refractivity contribution is 7.99. The number of thioether (sulfide) groups is 1. The maximum absolute atomic E-state index is 5.12. The Hall–Kier alpha value is -0.510. The highest BCUT2D eigenvalue weighted by atomic mass is 32.2. The lowest BCUT2D eigenvalue weighted by Crippen LogP contribution is -2.34. The molecule has 1 aliphatic heterocycles. The first-order chi connectivity index (χ1) is 10.0. The standard InChI is InChI=1S/C18H29NOS/c1-18(2,3)15(12-19-9-10-20-4)11-14-13-21-17-8-6-5-7-16(14)17/h5-8,14-15,19H,9-13H2,1-4H3. The Balaban J connectivity index is 1.96. The van der Waals surface area contributed by atoms with Crippen LogP contribution < -0.4 is 5.32 Å². The van der Waals surface area contributed by atoms with Gasteiger partial charge in [-0.05, 0) is 41.8 Å². The summed E-state index contributed by atoms with van der Waals surface area (Å²) in [6.07, 6.45) is 1.27. The van der Waals surface area contributed by atoms with Crippen molar-refractivity contribution in [2.45, 2.75) is 38.0 Å². The number of hydrogen-bond donors (Lipinski definition) is 1. The summed E-state index contributed by atoms with van der Waals surface area (Å²) in [6.45, 7) is 9.91. The zero-order valence-electron chi connectivity index (χ0n) is 13.8. The van der Waals surface area contributed by atoms with Crippen molar-refractivity contribution in [3.05, 3.63) is 29.8 Å². The zero-order chi connectivity index (χ0) is 15.3. The molecule has 2 rings (SSSR count). The Morgan fingerprint density at radius 3 is 2.81 bits per heavy atom. The van der Waals surface area contributed by atoms with Crippen molar-refractivity contribution in [3.8, 4) is 0 Å². The molecule has 0 aromatic heterocycles. The molecule has 0 spiro atoms. The average Bonchev–Trinajstić information content (AvgIpc) is 2.84. The van der Waals surface area contributed by atoms with Gasteiger partial charge in [-0.15, -0.1) is 11.8 Å². The third kappa shape index (κ3) is 4.73. The second-order valence-corrected chi connectivity index (χ2v) is 8.10. The van der Waals surface area contributed by atoms with Crippen LogP contribution in [0.15, 0.2) is 29.2 Å². The minimum Gasteiger partial charge on any atom is -0.383 e. The molecule has 0 amide bonds. The van der Waals surface area contributed by atoms with Crippen LogP contribution >= 0.6 is 11.8 Å². The third-order valence-electron chi connectivity index (χ3n) is 4.47. The van der Waals surface area contributed by atoms with Gasteiger partial charge in [-0.25, -0.2) is 0 Å². The maximum atomic E-state index is 5.12. The number of hydrogen-bond acceptors (Lipinski definition) is 3. The Morgan fingerprint density at radius 1 is 1.33 bits per heavy atom. The van der Waals surface area contributed by atoms with Gasteiger partial charge in [-0.2, -0.15) is 0 Å². The average molecular weight is 308 g/mol. The molecule has 1 N–H and O–H groups in total. The first-order valence-electron chi connectivity index (χ1n) is 7.93. The number of methoxy groups -OCH3 is 1. The Bertz CT molecular complexity index is 441. The van der Waals surface area contributed by atoms with E-state index in [1.807, 2.05) is 11.8 Å². The molecule has 3 heteroatoms.